The number of hydrogen-bond acceptors (Lipinski definition) is 3. The minimum atomic E-state index is -0.442. The molecule has 0 atom stereocenters. The Morgan fingerprint density at radius 3 is 2.94 bits per heavy atom. The molecule has 0 aromatic carbocycles. The third-order valence-electron chi connectivity index (χ3n) is 1.87. The molecule has 0 amide bonds. The fourth-order valence-electron chi connectivity index (χ4n) is 1.16. The molecule has 0 aliphatic rings. The van der Waals surface area contributed by atoms with Gasteiger partial charge in [0.25, 0.3) is 0 Å². The number of nitrogens with zero attached hydrogens (tertiary/aromatic N) is 1. The molecule has 0 radical (unpaired) electrons. The number of rotatable bonds is 3. The van der Waals surface area contributed by atoms with Gasteiger partial charge in [0.1, 0.15) is 0 Å². The standard InChI is InChI=1S/C10H7BrClFN2S/c11-9-2-1-7(16-9)5-15-10-8(13)3-6(12)4-14-10/h1-4H,5H2,(H,14,15). The van der Waals surface area contributed by atoms with Gasteiger partial charge in [0, 0.05) is 11.1 Å². The second kappa shape index (κ2) is 5.12. The molecule has 0 fully saturated rings. The fourth-order valence-corrected chi connectivity index (χ4v) is 2.73. The lowest BCUT2D eigenvalue weighted by Gasteiger charge is -2.04. The van der Waals surface area contributed by atoms with Crippen molar-refractivity contribution in [3.63, 3.8) is 0 Å². The first-order valence-corrected chi connectivity index (χ1v) is 6.43. The number of pyridine rings is 1. The molecule has 2 aromatic rings. The number of nitrogens with one attached hydrogen (secondary N) is 1. The second-order valence-corrected chi connectivity index (χ2v) is 6.03. The number of thiophene rings is 1. The lowest BCUT2D eigenvalue weighted by molar-refractivity contribution is 0.624. The lowest BCUT2D eigenvalue weighted by Crippen LogP contribution is -2.01. The Hall–Kier alpha value is -0.650. The summed E-state index contributed by atoms with van der Waals surface area (Å²) in [6.45, 7) is 0.543. The Bertz CT molecular complexity index is 503. The summed E-state index contributed by atoms with van der Waals surface area (Å²) in [4.78, 5) is 4.97. The van der Waals surface area contributed by atoms with Crippen LogP contribution in [-0.2, 0) is 6.54 Å². The van der Waals surface area contributed by atoms with Crippen LogP contribution in [0.2, 0.25) is 5.02 Å². The van der Waals surface area contributed by atoms with E-state index in [2.05, 4.69) is 26.2 Å². The van der Waals surface area contributed by atoms with Gasteiger partial charge in [0.15, 0.2) is 11.6 Å². The Balaban J connectivity index is 2.04. The molecule has 0 saturated carbocycles. The van der Waals surface area contributed by atoms with Crippen LogP contribution < -0.4 is 5.32 Å². The third kappa shape index (κ3) is 2.93. The fraction of sp³-hybridized carbons (Fsp3) is 0.100. The van der Waals surface area contributed by atoms with Gasteiger partial charge in [-0.15, -0.1) is 11.3 Å². The largest absolute Gasteiger partial charge is 0.363 e. The van der Waals surface area contributed by atoms with Crippen molar-refractivity contribution < 1.29 is 4.39 Å². The summed E-state index contributed by atoms with van der Waals surface area (Å²) >= 11 is 10.6. The molecule has 1 N–H and O–H groups in total. The van der Waals surface area contributed by atoms with E-state index in [0.717, 1.165) is 8.66 Å². The topological polar surface area (TPSA) is 24.9 Å². The highest BCUT2D eigenvalue weighted by atomic mass is 79.9. The average molecular weight is 322 g/mol. The molecular weight excluding hydrogens is 315 g/mol. The first-order valence-electron chi connectivity index (χ1n) is 4.44. The monoisotopic (exact) mass is 320 g/mol. The van der Waals surface area contributed by atoms with Gasteiger partial charge in [-0.1, -0.05) is 11.6 Å². The van der Waals surface area contributed by atoms with Crippen molar-refractivity contribution in [2.24, 2.45) is 0 Å². The van der Waals surface area contributed by atoms with E-state index in [1.165, 1.54) is 12.3 Å². The van der Waals surface area contributed by atoms with Crippen molar-refractivity contribution in [1.29, 1.82) is 0 Å². The van der Waals surface area contributed by atoms with Gasteiger partial charge in [-0.05, 0) is 34.1 Å². The van der Waals surface area contributed by atoms with Crippen LogP contribution in [0.15, 0.2) is 28.2 Å². The molecule has 2 rings (SSSR count). The van der Waals surface area contributed by atoms with Crippen molar-refractivity contribution in [3.05, 3.63) is 43.9 Å². The molecule has 0 bridgehead atoms. The zero-order valence-corrected chi connectivity index (χ0v) is 11.2. The summed E-state index contributed by atoms with van der Waals surface area (Å²) < 4.78 is 14.4. The maximum atomic E-state index is 13.3. The second-order valence-electron chi connectivity index (χ2n) is 3.04. The van der Waals surface area contributed by atoms with Gasteiger partial charge in [-0.25, -0.2) is 9.37 Å². The molecule has 0 saturated heterocycles. The molecule has 6 heteroatoms. The molecule has 0 spiro atoms. The summed E-state index contributed by atoms with van der Waals surface area (Å²) in [6, 6.07) is 5.16. The smallest absolute Gasteiger partial charge is 0.166 e. The van der Waals surface area contributed by atoms with E-state index in [1.807, 2.05) is 12.1 Å². The van der Waals surface area contributed by atoms with Crippen molar-refractivity contribution in [3.8, 4) is 0 Å². The van der Waals surface area contributed by atoms with Crippen LogP contribution in [0.5, 0.6) is 0 Å². The lowest BCUT2D eigenvalue weighted by atomic mass is 10.4. The van der Waals surface area contributed by atoms with Crippen molar-refractivity contribution in [2.45, 2.75) is 6.54 Å². The van der Waals surface area contributed by atoms with Gasteiger partial charge < -0.3 is 5.32 Å². The van der Waals surface area contributed by atoms with E-state index in [1.54, 1.807) is 11.3 Å². The summed E-state index contributed by atoms with van der Waals surface area (Å²) in [7, 11) is 0. The van der Waals surface area contributed by atoms with E-state index in [-0.39, 0.29) is 5.82 Å². The van der Waals surface area contributed by atoms with Crippen molar-refractivity contribution in [1.82, 2.24) is 4.98 Å². The first kappa shape index (κ1) is 11.8. The number of anilines is 1. The normalized spacial score (nSPS) is 10.4. The van der Waals surface area contributed by atoms with Crippen LogP contribution in [0.3, 0.4) is 0 Å². The zero-order chi connectivity index (χ0) is 11.5. The minimum Gasteiger partial charge on any atom is -0.363 e. The Morgan fingerprint density at radius 2 is 2.31 bits per heavy atom. The molecular formula is C10H7BrClFN2S. The van der Waals surface area contributed by atoms with Crippen LogP contribution in [0.1, 0.15) is 4.88 Å². The highest BCUT2D eigenvalue weighted by Crippen LogP contribution is 2.23. The van der Waals surface area contributed by atoms with Crippen molar-refractivity contribution in [2.75, 3.05) is 5.32 Å². The van der Waals surface area contributed by atoms with Crippen molar-refractivity contribution >= 4 is 44.7 Å². The molecule has 2 heterocycles. The molecule has 2 aromatic heterocycles. The van der Waals surface area contributed by atoms with Crippen LogP contribution >= 0.6 is 38.9 Å². The molecule has 0 aliphatic heterocycles. The first-order chi connectivity index (χ1) is 7.65. The molecule has 0 unspecified atom stereocenters. The number of aromatic nitrogens is 1. The highest BCUT2D eigenvalue weighted by Gasteiger charge is 2.04. The highest BCUT2D eigenvalue weighted by molar-refractivity contribution is 9.11. The van der Waals surface area contributed by atoms with Gasteiger partial charge in [-0.2, -0.15) is 0 Å². The van der Waals surface area contributed by atoms with Crippen LogP contribution in [-0.4, -0.2) is 4.98 Å². The van der Waals surface area contributed by atoms with E-state index >= 15 is 0 Å². The molecule has 16 heavy (non-hydrogen) atoms. The number of hydrogen-bond donors (Lipinski definition) is 1. The summed E-state index contributed by atoms with van der Waals surface area (Å²) in [6.07, 6.45) is 1.41. The maximum Gasteiger partial charge on any atom is 0.166 e. The van der Waals surface area contributed by atoms with E-state index in [0.29, 0.717) is 11.6 Å². The Labute approximate surface area is 110 Å². The Kier molecular flexibility index (Phi) is 3.78. The summed E-state index contributed by atoms with van der Waals surface area (Å²) in [5.74, 6) is -0.225. The van der Waals surface area contributed by atoms with Crippen LogP contribution in [0.25, 0.3) is 0 Å². The van der Waals surface area contributed by atoms with Gasteiger partial charge >= 0.3 is 0 Å². The minimum absolute atomic E-state index is 0.217. The average Bonchev–Trinajstić information content (AvgIpc) is 2.63. The number of halogens is 3. The quantitative estimate of drug-likeness (QED) is 0.911. The van der Waals surface area contributed by atoms with Crippen LogP contribution in [0.4, 0.5) is 10.2 Å². The van der Waals surface area contributed by atoms with Gasteiger partial charge in [0.2, 0.25) is 0 Å². The SMILES string of the molecule is Fc1cc(Cl)cnc1NCc1ccc(Br)s1. The third-order valence-corrected chi connectivity index (χ3v) is 3.70. The Morgan fingerprint density at radius 1 is 1.50 bits per heavy atom. The van der Waals surface area contributed by atoms with E-state index in [4.69, 9.17) is 11.6 Å². The molecule has 0 aliphatic carbocycles. The van der Waals surface area contributed by atoms with Gasteiger partial charge in [-0.3, -0.25) is 0 Å². The van der Waals surface area contributed by atoms with E-state index in [9.17, 15) is 4.39 Å². The predicted molar refractivity (Wildman–Crippen MR) is 68.6 cm³/mol. The molecule has 84 valence electrons. The summed E-state index contributed by atoms with van der Waals surface area (Å²) in [5.41, 5.74) is 0. The van der Waals surface area contributed by atoms with E-state index < -0.39 is 5.82 Å². The maximum absolute atomic E-state index is 13.3. The predicted octanol–water partition coefficient (Wildman–Crippen LogP) is 4.31. The summed E-state index contributed by atoms with van der Waals surface area (Å²) in [5, 5.41) is 3.21. The molecule has 2 nitrogen and oxygen atoms in total. The van der Waals surface area contributed by atoms with Gasteiger partial charge in [0.05, 0.1) is 15.4 Å². The van der Waals surface area contributed by atoms with Crippen LogP contribution in [0, 0.1) is 5.82 Å². The zero-order valence-electron chi connectivity index (χ0n) is 8.01.